The van der Waals surface area contributed by atoms with Gasteiger partial charge in [-0.3, -0.25) is 0 Å². The van der Waals surface area contributed by atoms with E-state index in [-0.39, 0.29) is 11.5 Å². The summed E-state index contributed by atoms with van der Waals surface area (Å²) in [6.07, 6.45) is 4.88. The maximum atomic E-state index is 10.2. The van der Waals surface area contributed by atoms with Crippen molar-refractivity contribution in [1.82, 2.24) is 0 Å². The zero-order valence-electron chi connectivity index (χ0n) is 15.2. The molecule has 0 spiro atoms. The maximum Gasteiger partial charge on any atom is 0.328 e. The van der Waals surface area contributed by atoms with Gasteiger partial charge >= 0.3 is 11.9 Å². The number of phenols is 2. The van der Waals surface area contributed by atoms with Gasteiger partial charge in [0, 0.05) is 12.2 Å². The standard InChI is InChI=1S/2C10H10O4/c2*1-14-9-6-7(2-4-8(9)11)3-5-10(12)13/h2*2-6,11H,1H3,(H,12,13)/b2*5-3+. The molecule has 0 radical (unpaired) electrons. The quantitative estimate of drug-likeness (QED) is 0.555. The van der Waals surface area contributed by atoms with E-state index in [2.05, 4.69) is 0 Å². The van der Waals surface area contributed by atoms with Crippen LogP contribution in [0.15, 0.2) is 48.6 Å². The van der Waals surface area contributed by atoms with Gasteiger partial charge in [-0.25, -0.2) is 9.59 Å². The van der Waals surface area contributed by atoms with Crippen molar-refractivity contribution in [3.63, 3.8) is 0 Å². The first kappa shape index (κ1) is 22.1. The van der Waals surface area contributed by atoms with Crippen molar-refractivity contribution in [3.05, 3.63) is 59.7 Å². The molecule has 0 amide bonds. The molecule has 0 aliphatic heterocycles. The number of benzene rings is 2. The Balaban J connectivity index is 0.000000280. The molecule has 0 unspecified atom stereocenters. The summed E-state index contributed by atoms with van der Waals surface area (Å²) in [5.41, 5.74) is 1.31. The molecule has 2 aromatic carbocycles. The smallest absolute Gasteiger partial charge is 0.328 e. The lowest BCUT2D eigenvalue weighted by atomic mass is 10.2. The van der Waals surface area contributed by atoms with Crippen molar-refractivity contribution < 1.29 is 39.5 Å². The summed E-state index contributed by atoms with van der Waals surface area (Å²) in [5, 5.41) is 35.3. The molecule has 2 rings (SSSR count). The number of carboxylic acids is 2. The Labute approximate surface area is 161 Å². The van der Waals surface area contributed by atoms with Crippen molar-refractivity contribution in [3.8, 4) is 23.0 Å². The lowest BCUT2D eigenvalue weighted by molar-refractivity contribution is -0.132. The zero-order valence-corrected chi connectivity index (χ0v) is 15.2. The predicted octanol–water partition coefficient (Wildman–Crippen LogP) is 3.00. The predicted molar refractivity (Wildman–Crippen MR) is 103 cm³/mol. The third-order valence-electron chi connectivity index (χ3n) is 3.24. The van der Waals surface area contributed by atoms with Crippen LogP contribution in [-0.2, 0) is 9.59 Å². The molecule has 0 heterocycles. The second kappa shape index (κ2) is 10.9. The SMILES string of the molecule is COc1cc(/C=C/C(=O)O)ccc1O.COc1cc(/C=C/C(=O)O)ccc1O. The van der Waals surface area contributed by atoms with Gasteiger partial charge in [0.25, 0.3) is 0 Å². The highest BCUT2D eigenvalue weighted by Gasteiger charge is 2.01. The Morgan fingerprint density at radius 3 is 1.39 bits per heavy atom. The highest BCUT2D eigenvalue weighted by Crippen LogP contribution is 2.27. The van der Waals surface area contributed by atoms with Gasteiger partial charge in [0.1, 0.15) is 0 Å². The van der Waals surface area contributed by atoms with E-state index in [1.54, 1.807) is 24.3 Å². The normalized spacial score (nSPS) is 10.4. The molecular weight excluding hydrogens is 368 g/mol. The Kier molecular flexibility index (Phi) is 8.62. The Bertz CT molecular complexity index is 810. The number of carboxylic acid groups (broad SMARTS) is 2. The Morgan fingerprint density at radius 1 is 0.750 bits per heavy atom. The number of phenolic OH excluding ortho intramolecular Hbond substituents is 2. The van der Waals surface area contributed by atoms with Crippen LogP contribution in [0, 0.1) is 0 Å². The van der Waals surface area contributed by atoms with Gasteiger partial charge in [0.2, 0.25) is 0 Å². The molecule has 4 N–H and O–H groups in total. The second-order valence-electron chi connectivity index (χ2n) is 5.21. The summed E-state index contributed by atoms with van der Waals surface area (Å²) in [6, 6.07) is 9.18. The summed E-state index contributed by atoms with van der Waals surface area (Å²) in [5.74, 6) is -1.34. The molecule has 0 aliphatic carbocycles. The van der Waals surface area contributed by atoms with Crippen molar-refractivity contribution in [2.75, 3.05) is 14.2 Å². The number of rotatable bonds is 6. The van der Waals surface area contributed by atoms with Crippen molar-refractivity contribution in [2.45, 2.75) is 0 Å². The number of ether oxygens (including phenoxy) is 2. The molecule has 0 aromatic heterocycles. The lowest BCUT2D eigenvalue weighted by Crippen LogP contribution is -1.87. The van der Waals surface area contributed by atoms with Crippen LogP contribution in [0.5, 0.6) is 23.0 Å². The molecule has 0 saturated heterocycles. The average Bonchev–Trinajstić information content (AvgIpc) is 2.67. The van der Waals surface area contributed by atoms with Gasteiger partial charge in [-0.15, -0.1) is 0 Å². The molecule has 148 valence electrons. The molecule has 8 nitrogen and oxygen atoms in total. The van der Waals surface area contributed by atoms with Gasteiger partial charge < -0.3 is 29.9 Å². The van der Waals surface area contributed by atoms with Gasteiger partial charge in [-0.2, -0.15) is 0 Å². The van der Waals surface area contributed by atoms with Crippen LogP contribution in [0.4, 0.5) is 0 Å². The van der Waals surface area contributed by atoms with Crippen molar-refractivity contribution in [1.29, 1.82) is 0 Å². The van der Waals surface area contributed by atoms with Gasteiger partial charge in [0.05, 0.1) is 14.2 Å². The fourth-order valence-corrected chi connectivity index (χ4v) is 1.93. The molecule has 0 aliphatic rings. The topological polar surface area (TPSA) is 134 Å². The van der Waals surface area contributed by atoms with Gasteiger partial charge in [-0.1, -0.05) is 12.1 Å². The zero-order chi connectivity index (χ0) is 21.1. The lowest BCUT2D eigenvalue weighted by Gasteiger charge is -2.03. The van der Waals surface area contributed by atoms with E-state index in [9.17, 15) is 19.8 Å². The van der Waals surface area contributed by atoms with Crippen molar-refractivity contribution >= 4 is 24.1 Å². The first-order valence-electron chi connectivity index (χ1n) is 7.82. The maximum absolute atomic E-state index is 10.2. The fraction of sp³-hybridized carbons (Fsp3) is 0.100. The molecule has 0 bridgehead atoms. The molecule has 0 fully saturated rings. The fourth-order valence-electron chi connectivity index (χ4n) is 1.93. The van der Waals surface area contributed by atoms with Crippen LogP contribution >= 0.6 is 0 Å². The monoisotopic (exact) mass is 388 g/mol. The average molecular weight is 388 g/mol. The van der Waals surface area contributed by atoms with E-state index in [0.29, 0.717) is 22.6 Å². The van der Waals surface area contributed by atoms with Crippen molar-refractivity contribution in [2.24, 2.45) is 0 Å². The summed E-state index contributed by atoms with van der Waals surface area (Å²) in [6.45, 7) is 0. The summed E-state index contributed by atoms with van der Waals surface area (Å²) in [7, 11) is 2.86. The third-order valence-corrected chi connectivity index (χ3v) is 3.24. The Hall–Kier alpha value is -3.94. The number of methoxy groups -OCH3 is 2. The third kappa shape index (κ3) is 7.52. The number of aromatic hydroxyl groups is 2. The molecule has 0 saturated carbocycles. The van der Waals surface area contributed by atoms with Gasteiger partial charge in [-0.05, 0) is 47.5 Å². The largest absolute Gasteiger partial charge is 0.504 e. The van der Waals surface area contributed by atoms with E-state index in [0.717, 1.165) is 12.2 Å². The van der Waals surface area contributed by atoms with E-state index < -0.39 is 11.9 Å². The number of carbonyl (C=O) groups is 2. The van der Waals surface area contributed by atoms with Gasteiger partial charge in [0.15, 0.2) is 23.0 Å². The number of aliphatic carboxylic acids is 2. The number of hydrogen-bond donors (Lipinski definition) is 4. The van der Waals surface area contributed by atoms with E-state index in [1.807, 2.05) is 0 Å². The first-order chi connectivity index (χ1) is 13.3. The molecule has 8 heteroatoms. The van der Waals surface area contributed by atoms with E-state index in [4.69, 9.17) is 19.7 Å². The van der Waals surface area contributed by atoms with Crippen LogP contribution in [0.3, 0.4) is 0 Å². The molecular formula is C20H20O8. The Morgan fingerprint density at radius 2 is 1.11 bits per heavy atom. The minimum atomic E-state index is -1.02. The second-order valence-corrected chi connectivity index (χ2v) is 5.21. The molecule has 28 heavy (non-hydrogen) atoms. The number of hydrogen-bond acceptors (Lipinski definition) is 6. The van der Waals surface area contributed by atoms with Crippen LogP contribution in [0.1, 0.15) is 11.1 Å². The molecule has 0 atom stereocenters. The molecule has 2 aromatic rings. The van der Waals surface area contributed by atoms with Crippen LogP contribution in [0.25, 0.3) is 12.2 Å². The van der Waals surface area contributed by atoms with Crippen LogP contribution in [0.2, 0.25) is 0 Å². The van der Waals surface area contributed by atoms with E-state index in [1.165, 1.54) is 38.5 Å². The minimum absolute atomic E-state index is 0.0278. The van der Waals surface area contributed by atoms with Crippen LogP contribution in [-0.4, -0.2) is 46.6 Å². The minimum Gasteiger partial charge on any atom is -0.504 e. The summed E-state index contributed by atoms with van der Waals surface area (Å²) in [4.78, 5) is 20.5. The van der Waals surface area contributed by atoms with Crippen LogP contribution < -0.4 is 9.47 Å². The summed E-state index contributed by atoms with van der Waals surface area (Å²) >= 11 is 0. The highest BCUT2D eigenvalue weighted by molar-refractivity contribution is 5.85. The summed E-state index contributed by atoms with van der Waals surface area (Å²) < 4.78 is 9.72. The first-order valence-corrected chi connectivity index (χ1v) is 7.82. The highest BCUT2D eigenvalue weighted by atomic mass is 16.5. The van der Waals surface area contributed by atoms with E-state index >= 15 is 0 Å².